The SMILES string of the molecule is COc1ccc(-c2coc3cc(Nc4ccc(OC)c(OC)c4)ccc3c2=O)cc1. The van der Waals surface area contributed by atoms with Crippen LogP contribution in [0.4, 0.5) is 11.4 Å². The highest BCUT2D eigenvalue weighted by molar-refractivity contribution is 5.85. The molecular formula is C24H21NO5. The van der Waals surface area contributed by atoms with Crippen molar-refractivity contribution in [2.24, 2.45) is 0 Å². The highest BCUT2D eigenvalue weighted by Crippen LogP contribution is 2.32. The van der Waals surface area contributed by atoms with E-state index in [-0.39, 0.29) is 5.43 Å². The van der Waals surface area contributed by atoms with Crippen molar-refractivity contribution in [2.75, 3.05) is 26.6 Å². The van der Waals surface area contributed by atoms with Gasteiger partial charge in [0.15, 0.2) is 16.9 Å². The molecule has 0 saturated carbocycles. The molecule has 0 aliphatic carbocycles. The van der Waals surface area contributed by atoms with Crippen molar-refractivity contribution in [3.8, 4) is 28.4 Å². The molecule has 6 nitrogen and oxygen atoms in total. The van der Waals surface area contributed by atoms with Gasteiger partial charge in [-0.2, -0.15) is 0 Å². The number of benzene rings is 3. The zero-order chi connectivity index (χ0) is 21.1. The van der Waals surface area contributed by atoms with E-state index in [9.17, 15) is 4.79 Å². The van der Waals surface area contributed by atoms with Crippen LogP contribution in [-0.2, 0) is 0 Å². The lowest BCUT2D eigenvalue weighted by molar-refractivity contribution is 0.355. The van der Waals surface area contributed by atoms with Gasteiger partial charge >= 0.3 is 0 Å². The van der Waals surface area contributed by atoms with Crippen molar-refractivity contribution in [1.29, 1.82) is 0 Å². The third-order valence-electron chi connectivity index (χ3n) is 4.85. The summed E-state index contributed by atoms with van der Waals surface area (Å²) in [6.07, 6.45) is 1.49. The van der Waals surface area contributed by atoms with Gasteiger partial charge in [0, 0.05) is 23.5 Å². The van der Waals surface area contributed by atoms with Crippen LogP contribution >= 0.6 is 0 Å². The second-order valence-electron chi connectivity index (χ2n) is 6.61. The van der Waals surface area contributed by atoms with Crippen molar-refractivity contribution in [3.05, 3.63) is 77.2 Å². The van der Waals surface area contributed by atoms with Crippen LogP contribution in [0.2, 0.25) is 0 Å². The Hall–Kier alpha value is -3.93. The molecule has 1 N–H and O–H groups in total. The van der Waals surface area contributed by atoms with Gasteiger partial charge in [-0.15, -0.1) is 0 Å². The second-order valence-corrected chi connectivity index (χ2v) is 6.61. The van der Waals surface area contributed by atoms with E-state index >= 15 is 0 Å². The van der Waals surface area contributed by atoms with E-state index in [1.54, 1.807) is 33.5 Å². The molecule has 1 aromatic heterocycles. The van der Waals surface area contributed by atoms with E-state index in [1.807, 2.05) is 48.5 Å². The Kier molecular flexibility index (Phi) is 5.30. The van der Waals surface area contributed by atoms with Gasteiger partial charge in [0.1, 0.15) is 17.6 Å². The summed E-state index contributed by atoms with van der Waals surface area (Å²) >= 11 is 0. The number of hydrogen-bond donors (Lipinski definition) is 1. The van der Waals surface area contributed by atoms with E-state index in [2.05, 4.69) is 5.32 Å². The summed E-state index contributed by atoms with van der Waals surface area (Å²) in [4.78, 5) is 13.0. The number of ether oxygens (including phenoxy) is 3. The van der Waals surface area contributed by atoms with Gasteiger partial charge in [-0.1, -0.05) is 12.1 Å². The molecular weight excluding hydrogens is 382 g/mol. The molecule has 4 aromatic rings. The Morgan fingerprint density at radius 3 is 2.17 bits per heavy atom. The minimum atomic E-state index is -0.0842. The van der Waals surface area contributed by atoms with Crippen molar-refractivity contribution < 1.29 is 18.6 Å². The number of fused-ring (bicyclic) bond motifs is 1. The molecule has 0 fully saturated rings. The molecule has 0 spiro atoms. The van der Waals surface area contributed by atoms with Crippen LogP contribution in [0.3, 0.4) is 0 Å². The fourth-order valence-electron chi connectivity index (χ4n) is 3.26. The fourth-order valence-corrected chi connectivity index (χ4v) is 3.26. The number of nitrogens with one attached hydrogen (secondary N) is 1. The van der Waals surface area contributed by atoms with Gasteiger partial charge in [-0.05, 0) is 42.0 Å². The molecule has 0 saturated heterocycles. The van der Waals surface area contributed by atoms with Crippen LogP contribution in [-0.4, -0.2) is 21.3 Å². The number of rotatable bonds is 6. The summed E-state index contributed by atoms with van der Waals surface area (Å²) in [7, 11) is 4.79. The Morgan fingerprint density at radius 2 is 1.47 bits per heavy atom. The first kappa shape index (κ1) is 19.4. The van der Waals surface area contributed by atoms with E-state index < -0.39 is 0 Å². The van der Waals surface area contributed by atoms with Crippen LogP contribution in [0.1, 0.15) is 0 Å². The lowest BCUT2D eigenvalue weighted by atomic mass is 10.1. The van der Waals surface area contributed by atoms with Gasteiger partial charge < -0.3 is 23.9 Å². The minimum absolute atomic E-state index is 0.0842. The summed E-state index contributed by atoms with van der Waals surface area (Å²) in [5, 5.41) is 3.80. The van der Waals surface area contributed by atoms with Gasteiger partial charge in [0.05, 0.1) is 32.3 Å². The Bertz CT molecular complexity index is 1240. The summed E-state index contributed by atoms with van der Waals surface area (Å²) in [6.45, 7) is 0. The maximum atomic E-state index is 13.0. The van der Waals surface area contributed by atoms with Crippen molar-refractivity contribution in [1.82, 2.24) is 0 Å². The Labute approximate surface area is 173 Å². The number of anilines is 2. The molecule has 0 aliphatic rings. The predicted octanol–water partition coefficient (Wildman–Crippen LogP) is 5.23. The van der Waals surface area contributed by atoms with E-state index in [0.717, 1.165) is 22.7 Å². The molecule has 0 unspecified atom stereocenters. The smallest absolute Gasteiger partial charge is 0.200 e. The van der Waals surface area contributed by atoms with Crippen molar-refractivity contribution >= 4 is 22.3 Å². The fraction of sp³-hybridized carbons (Fsp3) is 0.125. The molecule has 152 valence electrons. The third kappa shape index (κ3) is 3.67. The van der Waals surface area contributed by atoms with Crippen LogP contribution in [0, 0.1) is 0 Å². The second kappa shape index (κ2) is 8.21. The van der Waals surface area contributed by atoms with Crippen molar-refractivity contribution in [3.63, 3.8) is 0 Å². The molecule has 0 aliphatic heterocycles. The molecule has 0 radical (unpaired) electrons. The molecule has 0 amide bonds. The predicted molar refractivity (Wildman–Crippen MR) is 117 cm³/mol. The summed E-state index contributed by atoms with van der Waals surface area (Å²) in [5.74, 6) is 2.01. The number of methoxy groups -OCH3 is 3. The first-order chi connectivity index (χ1) is 14.6. The molecule has 6 heteroatoms. The first-order valence-electron chi connectivity index (χ1n) is 9.32. The highest BCUT2D eigenvalue weighted by Gasteiger charge is 2.11. The summed E-state index contributed by atoms with van der Waals surface area (Å²) in [6, 6.07) is 18.2. The summed E-state index contributed by atoms with van der Waals surface area (Å²) in [5.41, 5.74) is 3.31. The van der Waals surface area contributed by atoms with Gasteiger partial charge in [0.25, 0.3) is 0 Å². The van der Waals surface area contributed by atoms with E-state index in [0.29, 0.717) is 28.0 Å². The first-order valence-corrected chi connectivity index (χ1v) is 9.32. The molecule has 3 aromatic carbocycles. The summed E-state index contributed by atoms with van der Waals surface area (Å²) < 4.78 is 21.6. The van der Waals surface area contributed by atoms with Crippen LogP contribution < -0.4 is 25.0 Å². The monoisotopic (exact) mass is 403 g/mol. The molecule has 0 atom stereocenters. The molecule has 0 bridgehead atoms. The van der Waals surface area contributed by atoms with E-state index in [4.69, 9.17) is 18.6 Å². The topological polar surface area (TPSA) is 69.9 Å². The van der Waals surface area contributed by atoms with Crippen LogP contribution in [0.15, 0.2) is 76.1 Å². The normalized spacial score (nSPS) is 10.6. The molecule has 30 heavy (non-hydrogen) atoms. The maximum absolute atomic E-state index is 13.0. The third-order valence-corrected chi connectivity index (χ3v) is 4.85. The largest absolute Gasteiger partial charge is 0.497 e. The zero-order valence-corrected chi connectivity index (χ0v) is 16.9. The lowest BCUT2D eigenvalue weighted by Gasteiger charge is -2.12. The standard InChI is InChI=1S/C24H21NO5/c1-27-18-8-4-15(5-9-18)20-14-30-22-12-16(6-10-19(22)24(20)26)25-17-7-11-21(28-2)23(13-17)29-3/h4-14,25H,1-3H3. The van der Waals surface area contributed by atoms with Crippen LogP contribution in [0.5, 0.6) is 17.2 Å². The molecule has 1 heterocycles. The quantitative estimate of drug-likeness (QED) is 0.475. The van der Waals surface area contributed by atoms with Crippen molar-refractivity contribution in [2.45, 2.75) is 0 Å². The van der Waals surface area contributed by atoms with E-state index in [1.165, 1.54) is 6.26 Å². The average molecular weight is 403 g/mol. The zero-order valence-electron chi connectivity index (χ0n) is 16.9. The lowest BCUT2D eigenvalue weighted by Crippen LogP contribution is -2.05. The Balaban J connectivity index is 1.66. The maximum Gasteiger partial charge on any atom is 0.200 e. The van der Waals surface area contributed by atoms with Crippen LogP contribution in [0.25, 0.3) is 22.1 Å². The van der Waals surface area contributed by atoms with Gasteiger partial charge in [-0.25, -0.2) is 0 Å². The highest BCUT2D eigenvalue weighted by atomic mass is 16.5. The minimum Gasteiger partial charge on any atom is -0.497 e. The molecule has 4 rings (SSSR count). The average Bonchev–Trinajstić information content (AvgIpc) is 2.79. The Morgan fingerprint density at radius 1 is 0.767 bits per heavy atom. The van der Waals surface area contributed by atoms with Gasteiger partial charge in [-0.3, -0.25) is 4.79 Å². The van der Waals surface area contributed by atoms with Gasteiger partial charge in [0.2, 0.25) is 0 Å². The number of hydrogen-bond acceptors (Lipinski definition) is 6.